The van der Waals surface area contributed by atoms with Crippen molar-refractivity contribution in [2.45, 2.75) is 12.8 Å². The highest BCUT2D eigenvalue weighted by atomic mass is 19.1. The van der Waals surface area contributed by atoms with Crippen molar-refractivity contribution >= 4 is 35.0 Å². The first-order valence-electron chi connectivity index (χ1n) is 16.9. The van der Waals surface area contributed by atoms with Gasteiger partial charge in [-0.2, -0.15) is 10.2 Å². The summed E-state index contributed by atoms with van der Waals surface area (Å²) in [6.45, 7) is -0.455. The molecule has 5 N–H and O–H groups in total. The molecule has 0 radical (unpaired) electrons. The van der Waals surface area contributed by atoms with E-state index in [4.69, 9.17) is 26.0 Å². The SMILES string of the molecule is COC(=O)COc1cccc(C(=O)c2cnn(-c3ccc(F)cc3)c2N)c1.Nc1c(C(=O)c2cccc(OCC(=O)CCCO)c2)cnn1-c1ccc(F)cc1. The Balaban J connectivity index is 0.000000215. The van der Waals surface area contributed by atoms with Crippen LogP contribution in [-0.4, -0.2) is 74.9 Å². The Hall–Kier alpha value is -7.20. The second-order valence-corrected chi connectivity index (χ2v) is 11.9. The first-order valence-corrected chi connectivity index (χ1v) is 16.9. The molecule has 4 aromatic carbocycles. The standard InChI is InChI=1S/C21H20FN3O4.C19H16FN3O4/c22-15-6-8-16(9-7-15)25-21(23)19(12-24-25)20(28)14-3-1-5-18(11-14)29-13-17(27)4-2-10-26;1-26-17(24)11-27-15-4-2-3-12(9-15)18(25)16-10-22-23(19(16)21)14-7-5-13(20)6-8-14/h1,3,5-9,11-12,26H,2,4,10,13,23H2;2-10H,11,21H2,1H3. The van der Waals surface area contributed by atoms with E-state index in [1.807, 2.05) is 0 Å². The van der Waals surface area contributed by atoms with Gasteiger partial charge in [0.25, 0.3) is 0 Å². The van der Waals surface area contributed by atoms with Crippen LogP contribution in [0.25, 0.3) is 11.4 Å². The number of aliphatic hydroxyl groups is 1. The number of Topliss-reactive ketones (excluding diaryl/α,β-unsaturated/α-hetero) is 1. The van der Waals surface area contributed by atoms with Gasteiger partial charge in [0.15, 0.2) is 24.0 Å². The second kappa shape index (κ2) is 18.7. The van der Waals surface area contributed by atoms with Gasteiger partial charge in [-0.05, 0) is 79.2 Å². The predicted octanol–water partition coefficient (Wildman–Crippen LogP) is 4.92. The molecule has 2 aromatic heterocycles. The fourth-order valence-electron chi connectivity index (χ4n) is 5.12. The molecule has 6 rings (SSSR count). The molecule has 0 atom stereocenters. The van der Waals surface area contributed by atoms with Crippen LogP contribution in [0.15, 0.2) is 109 Å². The van der Waals surface area contributed by atoms with E-state index in [9.17, 15) is 28.0 Å². The van der Waals surface area contributed by atoms with E-state index in [1.54, 1.807) is 36.4 Å². The number of hydrogen-bond donors (Lipinski definition) is 3. The maximum Gasteiger partial charge on any atom is 0.343 e. The van der Waals surface area contributed by atoms with E-state index in [0.717, 1.165) is 0 Å². The number of esters is 1. The normalized spacial score (nSPS) is 10.6. The van der Waals surface area contributed by atoms with Crippen LogP contribution < -0.4 is 20.9 Å². The number of ether oxygens (including phenoxy) is 3. The fraction of sp³-hybridized carbons (Fsp3) is 0.150. The first kappa shape index (κ1) is 40.0. The van der Waals surface area contributed by atoms with Crippen LogP contribution in [0.2, 0.25) is 0 Å². The van der Waals surface area contributed by atoms with E-state index >= 15 is 0 Å². The number of carbonyl (C=O) groups excluding carboxylic acids is 4. The number of ketones is 3. The summed E-state index contributed by atoms with van der Waals surface area (Å²) in [6, 6.07) is 23.9. The third-order valence-electron chi connectivity index (χ3n) is 8.03. The first-order chi connectivity index (χ1) is 27.0. The molecular weight excluding hydrogens is 730 g/mol. The highest BCUT2D eigenvalue weighted by molar-refractivity contribution is 6.12. The van der Waals surface area contributed by atoms with Gasteiger partial charge >= 0.3 is 5.97 Å². The van der Waals surface area contributed by atoms with Gasteiger partial charge in [0.1, 0.15) is 41.4 Å². The summed E-state index contributed by atoms with van der Waals surface area (Å²) < 4.78 is 44.1. The van der Waals surface area contributed by atoms with Gasteiger partial charge in [-0.25, -0.2) is 22.9 Å². The third kappa shape index (κ3) is 10.1. The van der Waals surface area contributed by atoms with Gasteiger partial charge in [-0.3, -0.25) is 14.4 Å². The third-order valence-corrected chi connectivity index (χ3v) is 8.03. The molecule has 56 heavy (non-hydrogen) atoms. The molecule has 0 fully saturated rings. The van der Waals surface area contributed by atoms with Crippen LogP contribution in [-0.2, 0) is 14.3 Å². The molecule has 0 spiro atoms. The Morgan fingerprint density at radius 1 is 0.679 bits per heavy atom. The topological polar surface area (TPSA) is 204 Å². The zero-order valence-electron chi connectivity index (χ0n) is 29.9. The van der Waals surface area contributed by atoms with Crippen molar-refractivity contribution < 1.29 is 47.3 Å². The largest absolute Gasteiger partial charge is 0.486 e. The number of halogens is 2. The summed E-state index contributed by atoms with van der Waals surface area (Å²) in [7, 11) is 1.26. The van der Waals surface area contributed by atoms with Crippen LogP contribution in [0, 0.1) is 11.6 Å². The average molecular weight is 767 g/mol. The number of methoxy groups -OCH3 is 1. The lowest BCUT2D eigenvalue weighted by Crippen LogP contribution is -2.13. The summed E-state index contributed by atoms with van der Waals surface area (Å²) in [5.74, 6) is -1.17. The van der Waals surface area contributed by atoms with Gasteiger partial charge in [0, 0.05) is 24.2 Å². The van der Waals surface area contributed by atoms with Crippen molar-refractivity contribution in [2.24, 2.45) is 0 Å². The smallest absolute Gasteiger partial charge is 0.343 e. The minimum absolute atomic E-state index is 0.0528. The summed E-state index contributed by atoms with van der Waals surface area (Å²) in [5, 5.41) is 17.0. The number of rotatable bonds is 15. The number of hydrogen-bond acceptors (Lipinski definition) is 12. The van der Waals surface area contributed by atoms with Gasteiger partial charge < -0.3 is 30.8 Å². The molecule has 0 unspecified atom stereocenters. The Bertz CT molecular complexity index is 2320. The molecule has 0 aliphatic rings. The quantitative estimate of drug-likeness (QED) is 0.0942. The Morgan fingerprint density at radius 2 is 1.12 bits per heavy atom. The highest BCUT2D eigenvalue weighted by Gasteiger charge is 2.20. The van der Waals surface area contributed by atoms with Crippen LogP contribution in [0.3, 0.4) is 0 Å². The molecule has 0 aliphatic carbocycles. The summed E-state index contributed by atoms with van der Waals surface area (Å²) in [4.78, 5) is 48.5. The molecular formula is C40H36F2N6O8. The zero-order chi connectivity index (χ0) is 40.2. The fourth-order valence-corrected chi connectivity index (χ4v) is 5.12. The van der Waals surface area contributed by atoms with E-state index < -0.39 is 5.97 Å². The van der Waals surface area contributed by atoms with Gasteiger partial charge in [-0.15, -0.1) is 0 Å². The Morgan fingerprint density at radius 3 is 1.55 bits per heavy atom. The molecule has 14 nitrogen and oxygen atoms in total. The number of nitrogens with zero attached hydrogens (tertiary/aromatic N) is 4. The highest BCUT2D eigenvalue weighted by Crippen LogP contribution is 2.24. The minimum atomic E-state index is -0.531. The van der Waals surface area contributed by atoms with Crippen LogP contribution in [0.1, 0.15) is 44.7 Å². The van der Waals surface area contributed by atoms with Gasteiger partial charge in [0.2, 0.25) is 0 Å². The average Bonchev–Trinajstić information content (AvgIpc) is 3.80. The summed E-state index contributed by atoms with van der Waals surface area (Å²) in [5.41, 5.74) is 14.3. The van der Waals surface area contributed by atoms with Crippen molar-refractivity contribution in [3.05, 3.63) is 143 Å². The predicted molar refractivity (Wildman–Crippen MR) is 200 cm³/mol. The van der Waals surface area contributed by atoms with E-state index in [0.29, 0.717) is 40.4 Å². The van der Waals surface area contributed by atoms with Gasteiger partial charge in [-0.1, -0.05) is 24.3 Å². The lowest BCUT2D eigenvalue weighted by atomic mass is 10.1. The monoisotopic (exact) mass is 766 g/mol. The van der Waals surface area contributed by atoms with Crippen LogP contribution >= 0.6 is 0 Å². The molecule has 0 aliphatic heterocycles. The lowest BCUT2D eigenvalue weighted by Gasteiger charge is -2.08. The zero-order valence-corrected chi connectivity index (χ0v) is 29.9. The molecule has 0 saturated carbocycles. The number of aromatic nitrogens is 4. The number of nitrogens with two attached hydrogens (primary N) is 2. The van der Waals surface area contributed by atoms with Crippen molar-refractivity contribution in [2.75, 3.05) is 38.4 Å². The molecule has 0 saturated heterocycles. The molecule has 0 bridgehead atoms. The molecule has 288 valence electrons. The number of nitrogen functional groups attached to an aromatic ring is 2. The second-order valence-electron chi connectivity index (χ2n) is 11.9. The van der Waals surface area contributed by atoms with Crippen molar-refractivity contribution in [1.82, 2.24) is 19.6 Å². The number of anilines is 2. The van der Waals surface area contributed by atoms with E-state index in [-0.39, 0.29) is 78.0 Å². The van der Waals surface area contributed by atoms with Gasteiger partial charge in [0.05, 0.1) is 42.0 Å². The molecule has 6 aromatic rings. The number of carbonyl (C=O) groups is 4. The lowest BCUT2D eigenvalue weighted by molar-refractivity contribution is -0.142. The van der Waals surface area contributed by atoms with Crippen LogP contribution in [0.4, 0.5) is 20.4 Å². The Kier molecular flexibility index (Phi) is 13.4. The molecule has 0 amide bonds. The van der Waals surface area contributed by atoms with E-state index in [1.165, 1.54) is 89.5 Å². The maximum atomic E-state index is 13.1. The summed E-state index contributed by atoms with van der Waals surface area (Å²) >= 11 is 0. The maximum absolute atomic E-state index is 13.1. The van der Waals surface area contributed by atoms with E-state index in [2.05, 4.69) is 14.9 Å². The molecule has 2 heterocycles. The number of aliphatic hydroxyl groups excluding tert-OH is 1. The minimum Gasteiger partial charge on any atom is -0.486 e. The number of benzene rings is 4. The van der Waals surface area contributed by atoms with Crippen molar-refractivity contribution in [3.63, 3.8) is 0 Å². The Labute approximate surface area is 318 Å². The van der Waals surface area contributed by atoms with Crippen LogP contribution in [0.5, 0.6) is 11.5 Å². The summed E-state index contributed by atoms with van der Waals surface area (Å²) in [6.07, 6.45) is 3.32. The molecule has 16 heteroatoms. The van der Waals surface area contributed by atoms with Crippen molar-refractivity contribution in [1.29, 1.82) is 0 Å². The van der Waals surface area contributed by atoms with Crippen molar-refractivity contribution in [3.8, 4) is 22.9 Å².